The Morgan fingerprint density at radius 3 is 2.25 bits per heavy atom. The molecule has 0 aliphatic carbocycles. The van der Waals surface area contributed by atoms with Crippen molar-refractivity contribution in [3.8, 4) is 5.75 Å². The van der Waals surface area contributed by atoms with Gasteiger partial charge < -0.3 is 15.5 Å². The van der Waals surface area contributed by atoms with Crippen molar-refractivity contribution in [1.29, 1.82) is 0 Å². The predicted octanol–water partition coefficient (Wildman–Crippen LogP) is 2.80. The van der Waals surface area contributed by atoms with Gasteiger partial charge in [-0.25, -0.2) is 0 Å². The number of rotatable bonds is 8. The highest BCUT2D eigenvalue weighted by Gasteiger charge is 2.34. The summed E-state index contributed by atoms with van der Waals surface area (Å²) in [6.45, 7) is 6.37. The molecule has 1 atom stereocenters. The lowest BCUT2D eigenvalue weighted by Gasteiger charge is -2.29. The number of hydrogen-bond donors (Lipinski definition) is 3. The van der Waals surface area contributed by atoms with Crippen LogP contribution in [0.4, 0.5) is 0 Å². The fourth-order valence-corrected chi connectivity index (χ4v) is 2.31. The van der Waals surface area contributed by atoms with Gasteiger partial charge in [-0.05, 0) is 43.9 Å². The van der Waals surface area contributed by atoms with Gasteiger partial charge in [-0.2, -0.15) is 0 Å². The highest BCUT2D eigenvalue weighted by molar-refractivity contribution is 5.74. The number of carboxylic acids is 1. The standard InChI is InChI=1S/C16H25NO3/c1-4-16(5-2,15(19)20)11-17-12(3)10-13-6-8-14(18)9-7-13/h6-9,12,17-18H,4-5,10-11H2,1-3H3,(H,19,20). The van der Waals surface area contributed by atoms with Crippen LogP contribution in [0.25, 0.3) is 0 Å². The molecule has 1 aromatic carbocycles. The third-order valence-corrected chi connectivity index (χ3v) is 4.07. The van der Waals surface area contributed by atoms with Crippen molar-refractivity contribution in [2.24, 2.45) is 5.41 Å². The van der Waals surface area contributed by atoms with Crippen LogP contribution in [-0.4, -0.2) is 28.8 Å². The van der Waals surface area contributed by atoms with Crippen molar-refractivity contribution >= 4 is 5.97 Å². The number of aliphatic carboxylic acids is 1. The van der Waals surface area contributed by atoms with Gasteiger partial charge >= 0.3 is 5.97 Å². The summed E-state index contributed by atoms with van der Waals surface area (Å²) >= 11 is 0. The van der Waals surface area contributed by atoms with E-state index in [1.807, 2.05) is 32.9 Å². The highest BCUT2D eigenvalue weighted by atomic mass is 16.4. The van der Waals surface area contributed by atoms with Gasteiger partial charge in [0.1, 0.15) is 5.75 Å². The second kappa shape index (κ2) is 7.29. The Balaban J connectivity index is 2.55. The fraction of sp³-hybridized carbons (Fsp3) is 0.562. The second-order valence-corrected chi connectivity index (χ2v) is 5.45. The van der Waals surface area contributed by atoms with Crippen LogP contribution < -0.4 is 5.32 Å². The first kappa shape index (κ1) is 16.5. The molecule has 4 nitrogen and oxygen atoms in total. The predicted molar refractivity (Wildman–Crippen MR) is 79.9 cm³/mol. The summed E-state index contributed by atoms with van der Waals surface area (Å²) < 4.78 is 0. The number of aromatic hydroxyl groups is 1. The molecule has 0 aliphatic heterocycles. The normalized spacial score (nSPS) is 13.2. The molecule has 0 amide bonds. The summed E-state index contributed by atoms with van der Waals surface area (Å²) in [4.78, 5) is 11.4. The third kappa shape index (κ3) is 4.23. The molecule has 4 heteroatoms. The van der Waals surface area contributed by atoms with Gasteiger partial charge in [0.15, 0.2) is 0 Å². The molecule has 1 aromatic rings. The monoisotopic (exact) mass is 279 g/mol. The average Bonchev–Trinajstić information content (AvgIpc) is 2.43. The Kier molecular flexibility index (Phi) is 6.02. The van der Waals surface area contributed by atoms with Crippen LogP contribution in [0.3, 0.4) is 0 Å². The number of hydrogen-bond acceptors (Lipinski definition) is 3. The quantitative estimate of drug-likeness (QED) is 0.684. The zero-order valence-electron chi connectivity index (χ0n) is 12.5. The summed E-state index contributed by atoms with van der Waals surface area (Å²) in [5, 5.41) is 22.0. The van der Waals surface area contributed by atoms with Crippen LogP contribution in [0.5, 0.6) is 5.75 Å². The van der Waals surface area contributed by atoms with E-state index in [-0.39, 0.29) is 11.8 Å². The molecule has 1 rings (SSSR count). The smallest absolute Gasteiger partial charge is 0.310 e. The number of carboxylic acid groups (broad SMARTS) is 1. The largest absolute Gasteiger partial charge is 0.508 e. The third-order valence-electron chi connectivity index (χ3n) is 4.07. The molecule has 0 spiro atoms. The summed E-state index contributed by atoms with van der Waals surface area (Å²) in [5.41, 5.74) is 0.445. The Morgan fingerprint density at radius 2 is 1.80 bits per heavy atom. The number of phenolic OH excluding ortho intramolecular Hbond substituents is 1. The molecule has 0 fully saturated rings. The number of carbonyl (C=O) groups is 1. The van der Waals surface area contributed by atoms with Gasteiger partial charge in [0.25, 0.3) is 0 Å². The van der Waals surface area contributed by atoms with E-state index in [4.69, 9.17) is 0 Å². The molecule has 3 N–H and O–H groups in total. The van der Waals surface area contributed by atoms with E-state index in [1.54, 1.807) is 12.1 Å². The first-order valence-corrected chi connectivity index (χ1v) is 7.18. The van der Waals surface area contributed by atoms with E-state index in [2.05, 4.69) is 5.32 Å². The molecule has 1 unspecified atom stereocenters. The van der Waals surface area contributed by atoms with Gasteiger partial charge in [-0.15, -0.1) is 0 Å². The van der Waals surface area contributed by atoms with E-state index >= 15 is 0 Å². The van der Waals surface area contributed by atoms with Gasteiger partial charge in [-0.1, -0.05) is 26.0 Å². The lowest BCUT2D eigenvalue weighted by molar-refractivity contribution is -0.149. The van der Waals surface area contributed by atoms with E-state index < -0.39 is 11.4 Å². The molecule has 0 radical (unpaired) electrons. The van der Waals surface area contributed by atoms with Crippen molar-refractivity contribution in [1.82, 2.24) is 5.32 Å². The molecule has 0 aliphatic rings. The minimum Gasteiger partial charge on any atom is -0.508 e. The van der Waals surface area contributed by atoms with Crippen LogP contribution in [0, 0.1) is 5.41 Å². The Bertz CT molecular complexity index is 424. The lowest BCUT2D eigenvalue weighted by Crippen LogP contribution is -2.43. The summed E-state index contributed by atoms with van der Waals surface area (Å²) in [6.07, 6.45) is 2.05. The molecule has 0 saturated heterocycles. The molecular weight excluding hydrogens is 254 g/mol. The molecule has 0 aromatic heterocycles. The molecule has 0 saturated carbocycles. The summed E-state index contributed by atoms with van der Waals surface area (Å²) in [7, 11) is 0. The maximum Gasteiger partial charge on any atom is 0.310 e. The highest BCUT2D eigenvalue weighted by Crippen LogP contribution is 2.26. The molecular formula is C16H25NO3. The van der Waals surface area contributed by atoms with Crippen molar-refractivity contribution in [3.63, 3.8) is 0 Å². The summed E-state index contributed by atoms with van der Waals surface area (Å²) in [6, 6.07) is 7.30. The van der Waals surface area contributed by atoms with E-state index in [0.29, 0.717) is 19.4 Å². The topological polar surface area (TPSA) is 69.6 Å². The van der Waals surface area contributed by atoms with Gasteiger partial charge in [-0.3, -0.25) is 4.79 Å². The number of nitrogens with one attached hydrogen (secondary N) is 1. The Labute approximate surface area is 120 Å². The number of phenols is 1. The molecule has 0 heterocycles. The minimum atomic E-state index is -0.730. The van der Waals surface area contributed by atoms with Gasteiger partial charge in [0.2, 0.25) is 0 Å². The van der Waals surface area contributed by atoms with Crippen LogP contribution in [0.2, 0.25) is 0 Å². The SMILES string of the molecule is CCC(CC)(CNC(C)Cc1ccc(O)cc1)C(=O)O. The average molecular weight is 279 g/mol. The molecule has 112 valence electrons. The van der Waals surface area contributed by atoms with E-state index in [0.717, 1.165) is 12.0 Å². The molecule has 0 bridgehead atoms. The van der Waals surface area contributed by atoms with Crippen molar-refractivity contribution in [2.75, 3.05) is 6.54 Å². The number of benzene rings is 1. The zero-order valence-corrected chi connectivity index (χ0v) is 12.5. The zero-order chi connectivity index (χ0) is 15.2. The van der Waals surface area contributed by atoms with Crippen LogP contribution in [0.1, 0.15) is 39.2 Å². The lowest BCUT2D eigenvalue weighted by atomic mass is 9.82. The van der Waals surface area contributed by atoms with Crippen LogP contribution >= 0.6 is 0 Å². The van der Waals surface area contributed by atoms with E-state index in [9.17, 15) is 15.0 Å². The van der Waals surface area contributed by atoms with Gasteiger partial charge in [0.05, 0.1) is 5.41 Å². The van der Waals surface area contributed by atoms with Crippen molar-refractivity contribution in [2.45, 2.75) is 46.1 Å². The first-order chi connectivity index (χ1) is 9.43. The van der Waals surface area contributed by atoms with Crippen molar-refractivity contribution < 1.29 is 15.0 Å². The van der Waals surface area contributed by atoms with Gasteiger partial charge in [0, 0.05) is 12.6 Å². The fourth-order valence-electron chi connectivity index (χ4n) is 2.31. The molecule has 20 heavy (non-hydrogen) atoms. The maximum atomic E-state index is 11.4. The van der Waals surface area contributed by atoms with Crippen LogP contribution in [0.15, 0.2) is 24.3 Å². The van der Waals surface area contributed by atoms with Crippen molar-refractivity contribution in [3.05, 3.63) is 29.8 Å². The Hall–Kier alpha value is -1.55. The first-order valence-electron chi connectivity index (χ1n) is 7.18. The maximum absolute atomic E-state index is 11.4. The summed E-state index contributed by atoms with van der Waals surface area (Å²) in [5.74, 6) is -0.469. The Morgan fingerprint density at radius 1 is 1.25 bits per heavy atom. The van der Waals surface area contributed by atoms with Crippen LogP contribution in [-0.2, 0) is 11.2 Å². The van der Waals surface area contributed by atoms with E-state index in [1.165, 1.54) is 0 Å². The second-order valence-electron chi connectivity index (χ2n) is 5.45. The minimum absolute atomic E-state index is 0.191.